The third kappa shape index (κ3) is 5.18. The van der Waals surface area contributed by atoms with E-state index in [1.165, 1.54) is 34.7 Å². The van der Waals surface area contributed by atoms with E-state index in [2.05, 4.69) is 25.7 Å². The van der Waals surface area contributed by atoms with Crippen molar-refractivity contribution in [3.8, 4) is 11.1 Å². The molecule has 0 bridgehead atoms. The second-order valence-corrected chi connectivity index (χ2v) is 11.2. The maximum atomic E-state index is 14.5. The third-order valence-corrected chi connectivity index (χ3v) is 8.22. The van der Waals surface area contributed by atoms with Crippen molar-refractivity contribution in [2.24, 2.45) is 0 Å². The predicted octanol–water partition coefficient (Wildman–Crippen LogP) is 5.57. The van der Waals surface area contributed by atoms with Gasteiger partial charge >= 0.3 is 6.18 Å². The number of likely N-dealkylation sites (N-methyl/N-ethyl adjacent to an activating group) is 1. The number of alkyl halides is 4. The number of hydrogen-bond acceptors (Lipinski definition) is 6. The summed E-state index contributed by atoms with van der Waals surface area (Å²) in [5.74, 6) is -0.592. The number of thiazole rings is 1. The van der Waals surface area contributed by atoms with Crippen LogP contribution in [0.1, 0.15) is 34.1 Å². The molecular weight excluding hydrogens is 570 g/mol. The average molecular weight is 598 g/mol. The van der Waals surface area contributed by atoms with Crippen LogP contribution in [0.4, 0.5) is 22.7 Å². The fraction of sp³-hybridized carbons (Fsp3) is 0.310. The van der Waals surface area contributed by atoms with Crippen LogP contribution in [-0.2, 0) is 30.4 Å². The smallest absolute Gasteiger partial charge is 0.331 e. The van der Waals surface area contributed by atoms with E-state index < -0.39 is 29.9 Å². The Morgan fingerprint density at radius 1 is 1.21 bits per heavy atom. The number of anilines is 1. The Balaban J connectivity index is 1.49. The Morgan fingerprint density at radius 3 is 2.69 bits per heavy atom. The summed E-state index contributed by atoms with van der Waals surface area (Å²) >= 11 is 1.19. The summed E-state index contributed by atoms with van der Waals surface area (Å²) in [5, 5.41) is 12.2. The lowest BCUT2D eigenvalue weighted by Crippen LogP contribution is -2.28. The highest BCUT2D eigenvalue weighted by Crippen LogP contribution is 2.41. The maximum absolute atomic E-state index is 14.5. The number of benzene rings is 2. The molecule has 42 heavy (non-hydrogen) atoms. The fourth-order valence-electron chi connectivity index (χ4n) is 5.46. The molecule has 1 aliphatic heterocycles. The van der Waals surface area contributed by atoms with Gasteiger partial charge in [-0.25, -0.2) is 14.4 Å². The third-order valence-electron chi connectivity index (χ3n) is 7.53. The summed E-state index contributed by atoms with van der Waals surface area (Å²) in [7, 11) is 1.86. The molecule has 5 aromatic rings. The van der Waals surface area contributed by atoms with Gasteiger partial charge in [-0.1, -0.05) is 24.3 Å². The quantitative estimate of drug-likeness (QED) is 0.229. The SMILES string of the molecule is CNCCc1ccc(-c2cc(C(F)(F)F)c3cn([C@@H](C(=O)Nc4nccs4)c4ncn5c4C[C@@H](F)C5)nc3c2C)cc1. The Hall–Kier alpha value is -4.10. The van der Waals surface area contributed by atoms with Crippen LogP contribution in [0.2, 0.25) is 0 Å². The van der Waals surface area contributed by atoms with Gasteiger partial charge in [0.05, 0.1) is 29.6 Å². The van der Waals surface area contributed by atoms with Crippen molar-refractivity contribution in [3.63, 3.8) is 0 Å². The van der Waals surface area contributed by atoms with Crippen LogP contribution in [0.25, 0.3) is 22.0 Å². The Morgan fingerprint density at radius 2 is 2.00 bits per heavy atom. The van der Waals surface area contributed by atoms with Gasteiger partial charge in [-0.3, -0.25) is 14.8 Å². The Kier molecular flexibility index (Phi) is 7.31. The molecule has 0 radical (unpaired) electrons. The number of hydrogen-bond donors (Lipinski definition) is 2. The molecule has 6 rings (SSSR count). The molecule has 0 unspecified atom stereocenters. The van der Waals surface area contributed by atoms with Crippen LogP contribution < -0.4 is 10.6 Å². The van der Waals surface area contributed by atoms with Crippen LogP contribution >= 0.6 is 11.3 Å². The fourth-order valence-corrected chi connectivity index (χ4v) is 5.99. The molecule has 218 valence electrons. The highest BCUT2D eigenvalue weighted by atomic mass is 32.1. The van der Waals surface area contributed by atoms with Gasteiger partial charge in [-0.05, 0) is 55.3 Å². The highest BCUT2D eigenvalue weighted by Gasteiger charge is 2.38. The van der Waals surface area contributed by atoms with Crippen molar-refractivity contribution in [3.05, 3.63) is 82.5 Å². The second kappa shape index (κ2) is 11.0. The Labute approximate surface area is 242 Å². The van der Waals surface area contributed by atoms with Gasteiger partial charge in [0.2, 0.25) is 0 Å². The molecule has 3 aromatic heterocycles. The van der Waals surface area contributed by atoms with E-state index in [1.54, 1.807) is 16.9 Å². The van der Waals surface area contributed by atoms with Gasteiger partial charge in [0, 0.05) is 35.3 Å². The summed E-state index contributed by atoms with van der Waals surface area (Å²) in [6.07, 6.45) is -0.800. The second-order valence-electron chi connectivity index (χ2n) is 10.3. The number of amides is 1. The normalized spacial score (nSPS) is 15.7. The minimum atomic E-state index is -4.68. The number of nitrogens with zero attached hydrogens (tertiary/aromatic N) is 5. The lowest BCUT2D eigenvalue weighted by molar-refractivity contribution is -0.136. The topological polar surface area (TPSA) is 89.7 Å². The van der Waals surface area contributed by atoms with Crippen molar-refractivity contribution in [2.45, 2.75) is 44.7 Å². The van der Waals surface area contributed by atoms with Gasteiger partial charge in [0.1, 0.15) is 6.17 Å². The number of aryl methyl sites for hydroxylation is 1. The highest BCUT2D eigenvalue weighted by molar-refractivity contribution is 7.13. The molecule has 0 saturated carbocycles. The van der Waals surface area contributed by atoms with E-state index in [-0.39, 0.29) is 29.6 Å². The number of fused-ring (bicyclic) bond motifs is 2. The molecule has 2 N–H and O–H groups in total. The molecule has 1 amide bonds. The lowest BCUT2D eigenvalue weighted by Gasteiger charge is -2.16. The van der Waals surface area contributed by atoms with Crippen molar-refractivity contribution in [2.75, 3.05) is 18.9 Å². The minimum absolute atomic E-state index is 0.0401. The summed E-state index contributed by atoms with van der Waals surface area (Å²) in [5.41, 5.74) is 2.62. The van der Waals surface area contributed by atoms with E-state index in [4.69, 9.17) is 0 Å². The van der Waals surface area contributed by atoms with E-state index in [9.17, 15) is 22.4 Å². The van der Waals surface area contributed by atoms with Crippen LogP contribution in [0, 0.1) is 6.92 Å². The molecule has 4 heterocycles. The van der Waals surface area contributed by atoms with Crippen molar-refractivity contribution >= 4 is 33.3 Å². The zero-order chi connectivity index (χ0) is 29.6. The number of carbonyl (C=O) groups excluding carboxylic acids is 1. The molecular formula is C29H27F4N7OS. The van der Waals surface area contributed by atoms with Crippen molar-refractivity contribution in [1.82, 2.24) is 29.6 Å². The minimum Gasteiger partial charge on any atom is -0.331 e. The molecule has 0 spiro atoms. The number of carbonyl (C=O) groups is 1. The van der Waals surface area contributed by atoms with Crippen LogP contribution in [0.3, 0.4) is 0 Å². The summed E-state index contributed by atoms with van der Waals surface area (Å²) in [4.78, 5) is 22.1. The first kappa shape index (κ1) is 28.0. The van der Waals surface area contributed by atoms with Gasteiger partial charge < -0.3 is 9.88 Å². The van der Waals surface area contributed by atoms with Crippen LogP contribution in [0.5, 0.6) is 0 Å². The Bertz CT molecular complexity index is 1740. The molecule has 2 aromatic carbocycles. The number of halogens is 4. The first-order valence-electron chi connectivity index (χ1n) is 13.4. The van der Waals surface area contributed by atoms with Crippen LogP contribution in [-0.4, -0.2) is 50.0 Å². The lowest BCUT2D eigenvalue weighted by atomic mass is 9.94. The molecule has 1 aliphatic rings. The summed E-state index contributed by atoms with van der Waals surface area (Å²) in [6.45, 7) is 2.60. The molecule has 0 aliphatic carbocycles. The largest absolute Gasteiger partial charge is 0.417 e. The van der Waals surface area contributed by atoms with Crippen LogP contribution in [0.15, 0.2) is 54.4 Å². The molecule has 8 nitrogen and oxygen atoms in total. The van der Waals surface area contributed by atoms with E-state index >= 15 is 0 Å². The number of rotatable bonds is 8. The monoisotopic (exact) mass is 597 g/mol. The van der Waals surface area contributed by atoms with E-state index in [0.717, 1.165) is 24.6 Å². The maximum Gasteiger partial charge on any atom is 0.417 e. The standard InChI is InChI=1S/C29H27F4N7OS/c1-16-20(18-5-3-17(4-6-18)7-8-34-2)12-22(29(31,32)33)21-14-40(38-24(16)21)26(27(41)37-28-35-9-10-42-28)25-23-11-19(30)13-39(23)15-36-25/h3-6,9-10,12,14-15,19,26,34H,7-8,11,13H2,1-2H3,(H,35,37,41)/t19-,26-/m1/s1. The van der Waals surface area contributed by atoms with Gasteiger partial charge in [-0.15, -0.1) is 11.3 Å². The predicted molar refractivity (Wildman–Crippen MR) is 152 cm³/mol. The van der Waals surface area contributed by atoms with E-state index in [0.29, 0.717) is 27.5 Å². The number of nitrogens with one attached hydrogen (secondary N) is 2. The molecule has 2 atom stereocenters. The van der Waals surface area contributed by atoms with Gasteiger partial charge in [-0.2, -0.15) is 18.3 Å². The number of aromatic nitrogens is 5. The molecule has 0 saturated heterocycles. The van der Waals surface area contributed by atoms with Gasteiger partial charge in [0.25, 0.3) is 5.91 Å². The average Bonchev–Trinajstić information content (AvgIpc) is 3.74. The number of imidazole rings is 1. The molecule has 13 heteroatoms. The zero-order valence-electron chi connectivity index (χ0n) is 22.7. The zero-order valence-corrected chi connectivity index (χ0v) is 23.6. The van der Waals surface area contributed by atoms with Crippen molar-refractivity contribution < 1.29 is 22.4 Å². The first-order chi connectivity index (χ1) is 20.1. The summed E-state index contributed by atoms with van der Waals surface area (Å²) in [6, 6.07) is 7.30. The molecule has 0 fully saturated rings. The first-order valence-corrected chi connectivity index (χ1v) is 14.2. The van der Waals surface area contributed by atoms with Crippen molar-refractivity contribution in [1.29, 1.82) is 0 Å². The summed E-state index contributed by atoms with van der Waals surface area (Å²) < 4.78 is 60.6. The van der Waals surface area contributed by atoms with E-state index in [1.807, 2.05) is 31.3 Å². The van der Waals surface area contributed by atoms with Gasteiger partial charge in [0.15, 0.2) is 11.2 Å².